The fraction of sp³-hybridized carbons (Fsp3) is 0.200. The van der Waals surface area contributed by atoms with E-state index in [0.29, 0.717) is 12.3 Å². The molecule has 0 unspecified atom stereocenters. The number of anilines is 1. The summed E-state index contributed by atoms with van der Waals surface area (Å²) in [7, 11) is 0. The molecule has 0 radical (unpaired) electrons. The number of ether oxygens (including phenoxy) is 1. The van der Waals surface area contributed by atoms with Gasteiger partial charge in [-0.3, -0.25) is 0 Å². The minimum atomic E-state index is 0.546. The Kier molecular flexibility index (Phi) is 3.92. The third-order valence-electron chi connectivity index (χ3n) is 2.67. The van der Waals surface area contributed by atoms with Gasteiger partial charge >= 0.3 is 0 Å². The molecule has 2 aromatic carbocycles. The number of hydrogen-bond acceptors (Lipinski definition) is 2. The molecule has 2 aromatic rings. The molecule has 0 bridgehead atoms. The van der Waals surface area contributed by atoms with Crippen LogP contribution in [0.25, 0.3) is 0 Å². The van der Waals surface area contributed by atoms with Gasteiger partial charge in [-0.15, -0.1) is 0 Å². The lowest BCUT2D eigenvalue weighted by atomic mass is 10.1. The molecule has 0 heterocycles. The lowest BCUT2D eigenvalue weighted by Gasteiger charge is -2.10. The molecule has 0 fully saturated rings. The lowest BCUT2D eigenvalue weighted by molar-refractivity contribution is 0.304. The smallest absolute Gasteiger partial charge is 0.136 e. The molecule has 94 valence electrons. The van der Waals surface area contributed by atoms with Gasteiger partial charge in [-0.2, -0.15) is 0 Å². The number of hydrogen-bond donors (Lipinski definition) is 1. The molecule has 0 atom stereocenters. The van der Waals surface area contributed by atoms with E-state index in [0.717, 1.165) is 10.2 Å². The molecule has 2 rings (SSSR count). The molecule has 0 spiro atoms. The molecule has 2 N–H and O–H groups in total. The highest BCUT2D eigenvalue weighted by atomic mass is 79.9. The Morgan fingerprint density at radius 2 is 1.78 bits per heavy atom. The minimum absolute atomic E-state index is 0.546. The van der Waals surface area contributed by atoms with Crippen molar-refractivity contribution in [3.63, 3.8) is 0 Å². The molecule has 0 aliphatic heterocycles. The molecule has 3 heteroatoms. The number of benzene rings is 2. The Morgan fingerprint density at radius 1 is 1.11 bits per heavy atom. The van der Waals surface area contributed by atoms with Crippen molar-refractivity contribution in [2.45, 2.75) is 20.5 Å². The Balaban J connectivity index is 2.14. The second kappa shape index (κ2) is 5.44. The second-order valence-corrected chi connectivity index (χ2v) is 5.24. The maximum atomic E-state index is 5.81. The van der Waals surface area contributed by atoms with Crippen LogP contribution in [0.15, 0.2) is 40.9 Å². The summed E-state index contributed by atoms with van der Waals surface area (Å²) in [4.78, 5) is 0. The maximum Gasteiger partial charge on any atom is 0.136 e. The van der Waals surface area contributed by atoms with E-state index in [1.165, 1.54) is 16.7 Å². The summed E-state index contributed by atoms with van der Waals surface area (Å²) in [6, 6.07) is 12.0. The zero-order valence-electron chi connectivity index (χ0n) is 10.5. The molecular weight excluding hydrogens is 290 g/mol. The van der Waals surface area contributed by atoms with Crippen molar-refractivity contribution in [1.82, 2.24) is 0 Å². The number of aryl methyl sites for hydroxylation is 2. The van der Waals surface area contributed by atoms with Gasteiger partial charge in [-0.1, -0.05) is 35.4 Å². The van der Waals surface area contributed by atoms with E-state index in [-0.39, 0.29) is 0 Å². The van der Waals surface area contributed by atoms with Crippen LogP contribution in [0.5, 0.6) is 5.75 Å². The van der Waals surface area contributed by atoms with Gasteiger partial charge in [-0.25, -0.2) is 0 Å². The fourth-order valence-corrected chi connectivity index (χ4v) is 2.33. The molecule has 2 nitrogen and oxygen atoms in total. The summed E-state index contributed by atoms with van der Waals surface area (Å²) in [5, 5.41) is 0. The quantitative estimate of drug-likeness (QED) is 0.861. The summed E-state index contributed by atoms with van der Waals surface area (Å²) >= 11 is 3.43. The number of halogens is 1. The lowest BCUT2D eigenvalue weighted by Crippen LogP contribution is -1.98. The van der Waals surface area contributed by atoms with E-state index in [9.17, 15) is 0 Å². The van der Waals surface area contributed by atoms with Crippen LogP contribution in [0.2, 0.25) is 0 Å². The van der Waals surface area contributed by atoms with Crippen molar-refractivity contribution in [3.05, 3.63) is 57.6 Å². The molecule has 0 aliphatic rings. The van der Waals surface area contributed by atoms with Crippen LogP contribution >= 0.6 is 15.9 Å². The van der Waals surface area contributed by atoms with E-state index in [1.54, 1.807) is 0 Å². The van der Waals surface area contributed by atoms with Crippen molar-refractivity contribution < 1.29 is 4.74 Å². The number of nitrogens with two attached hydrogens (primary N) is 1. The van der Waals surface area contributed by atoms with E-state index in [1.807, 2.05) is 18.2 Å². The van der Waals surface area contributed by atoms with Gasteiger partial charge < -0.3 is 10.5 Å². The predicted molar refractivity (Wildman–Crippen MR) is 78.8 cm³/mol. The highest BCUT2D eigenvalue weighted by Gasteiger charge is 2.04. The van der Waals surface area contributed by atoms with Gasteiger partial charge in [0.2, 0.25) is 0 Å². The Labute approximate surface area is 116 Å². The van der Waals surface area contributed by atoms with Crippen LogP contribution in [0.3, 0.4) is 0 Å². The molecule has 18 heavy (non-hydrogen) atoms. The summed E-state index contributed by atoms with van der Waals surface area (Å²) in [5.74, 6) is 0.772. The van der Waals surface area contributed by atoms with Gasteiger partial charge in [-0.05, 0) is 47.5 Å². The third kappa shape index (κ3) is 3.05. The van der Waals surface area contributed by atoms with Crippen molar-refractivity contribution in [2.75, 3.05) is 5.73 Å². The Morgan fingerprint density at radius 3 is 2.44 bits per heavy atom. The molecule has 0 amide bonds. The van der Waals surface area contributed by atoms with Crippen molar-refractivity contribution in [2.24, 2.45) is 0 Å². The van der Waals surface area contributed by atoms with Crippen molar-refractivity contribution >= 4 is 21.6 Å². The molecule has 0 saturated carbocycles. The number of nitrogen functional groups attached to an aromatic ring is 1. The largest absolute Gasteiger partial charge is 0.488 e. The first kappa shape index (κ1) is 13.0. The topological polar surface area (TPSA) is 35.2 Å². The number of rotatable bonds is 3. The Bertz CT molecular complexity index is 546. The molecular formula is C15H16BrNO. The van der Waals surface area contributed by atoms with Crippen molar-refractivity contribution in [1.29, 1.82) is 0 Å². The summed E-state index contributed by atoms with van der Waals surface area (Å²) in [6.45, 7) is 4.73. The molecule has 0 aliphatic carbocycles. The summed E-state index contributed by atoms with van der Waals surface area (Å²) in [6.07, 6.45) is 0. The summed E-state index contributed by atoms with van der Waals surface area (Å²) in [5.41, 5.74) is 10.2. The Hall–Kier alpha value is -1.48. The van der Waals surface area contributed by atoms with E-state index >= 15 is 0 Å². The van der Waals surface area contributed by atoms with Crippen LogP contribution < -0.4 is 10.5 Å². The minimum Gasteiger partial charge on any atom is -0.488 e. The maximum absolute atomic E-state index is 5.81. The van der Waals surface area contributed by atoms with E-state index in [4.69, 9.17) is 10.5 Å². The van der Waals surface area contributed by atoms with Gasteiger partial charge in [0.05, 0.1) is 4.47 Å². The van der Waals surface area contributed by atoms with Gasteiger partial charge in [0.15, 0.2) is 0 Å². The standard InChI is InChI=1S/C15H16BrNO/c1-10-6-11(2)8-12(7-10)9-18-14-5-3-4-13(17)15(14)16/h3-8H,9,17H2,1-2H3. The second-order valence-electron chi connectivity index (χ2n) is 4.44. The van der Waals surface area contributed by atoms with Crippen molar-refractivity contribution in [3.8, 4) is 5.75 Å². The van der Waals surface area contributed by atoms with Crippen LogP contribution in [0.4, 0.5) is 5.69 Å². The monoisotopic (exact) mass is 305 g/mol. The SMILES string of the molecule is Cc1cc(C)cc(COc2cccc(N)c2Br)c1. The first-order valence-corrected chi connectivity index (χ1v) is 6.59. The first-order chi connectivity index (χ1) is 8.56. The molecule has 0 aromatic heterocycles. The zero-order chi connectivity index (χ0) is 13.1. The average Bonchev–Trinajstić information content (AvgIpc) is 2.30. The van der Waals surface area contributed by atoms with E-state index in [2.05, 4.69) is 48.0 Å². The molecule has 0 saturated heterocycles. The normalized spacial score (nSPS) is 10.4. The zero-order valence-corrected chi connectivity index (χ0v) is 12.1. The first-order valence-electron chi connectivity index (χ1n) is 5.80. The van der Waals surface area contributed by atoms with Gasteiger partial charge in [0.1, 0.15) is 12.4 Å². The van der Waals surface area contributed by atoms with Crippen LogP contribution in [0.1, 0.15) is 16.7 Å². The van der Waals surface area contributed by atoms with Crippen LogP contribution in [-0.2, 0) is 6.61 Å². The highest BCUT2D eigenvalue weighted by Crippen LogP contribution is 2.30. The van der Waals surface area contributed by atoms with Crippen LogP contribution in [0, 0.1) is 13.8 Å². The highest BCUT2D eigenvalue weighted by molar-refractivity contribution is 9.10. The fourth-order valence-electron chi connectivity index (χ4n) is 1.95. The van der Waals surface area contributed by atoms with Gasteiger partial charge in [0, 0.05) is 5.69 Å². The third-order valence-corrected chi connectivity index (χ3v) is 3.52. The van der Waals surface area contributed by atoms with E-state index < -0.39 is 0 Å². The van der Waals surface area contributed by atoms with Gasteiger partial charge in [0.25, 0.3) is 0 Å². The summed E-state index contributed by atoms with van der Waals surface area (Å²) < 4.78 is 6.60. The predicted octanol–water partition coefficient (Wildman–Crippen LogP) is 4.23. The van der Waals surface area contributed by atoms with Crippen LogP contribution in [-0.4, -0.2) is 0 Å². The average molecular weight is 306 g/mol.